The van der Waals surface area contributed by atoms with Crippen molar-refractivity contribution >= 4 is 18.5 Å². The number of nitrogens with one attached hydrogen (secondary N) is 1. The maximum absolute atomic E-state index is 11.6. The van der Waals surface area contributed by atoms with Gasteiger partial charge in [0.2, 0.25) is 0 Å². The molecule has 0 spiro atoms. The van der Waals surface area contributed by atoms with Gasteiger partial charge in [0.15, 0.2) is 0 Å². The van der Waals surface area contributed by atoms with E-state index in [2.05, 4.69) is 20.0 Å². The molecule has 0 atom stereocenters. The van der Waals surface area contributed by atoms with Gasteiger partial charge in [-0.25, -0.2) is 0 Å². The molecule has 1 saturated heterocycles. The summed E-state index contributed by atoms with van der Waals surface area (Å²) >= 11 is 0. The van der Waals surface area contributed by atoms with E-state index < -0.39 is 0 Å². The Balaban J connectivity index is 2.01. The van der Waals surface area contributed by atoms with E-state index in [1.165, 1.54) is 0 Å². The fourth-order valence-corrected chi connectivity index (χ4v) is 3.08. The van der Waals surface area contributed by atoms with Crippen LogP contribution in [0, 0.1) is 0 Å². The highest BCUT2D eigenvalue weighted by atomic mass is 16.1. The molecule has 1 aliphatic rings. The Labute approximate surface area is 154 Å². The van der Waals surface area contributed by atoms with E-state index in [0.717, 1.165) is 63.9 Å². The van der Waals surface area contributed by atoms with Crippen molar-refractivity contribution in [2.24, 2.45) is 0 Å². The zero-order chi connectivity index (χ0) is 18.8. The van der Waals surface area contributed by atoms with Gasteiger partial charge in [0.25, 0.3) is 5.91 Å². The Morgan fingerprint density at radius 1 is 0.885 bits per heavy atom. The molecular weight excluding hydrogens is 332 g/mol. The molecule has 2 rings (SSSR count). The predicted molar refractivity (Wildman–Crippen MR) is 100 cm³/mol. The first kappa shape index (κ1) is 20.2. The first-order valence-electron chi connectivity index (χ1n) is 9.01. The zero-order valence-electron chi connectivity index (χ0n) is 15.4. The van der Waals surface area contributed by atoms with E-state index in [1.807, 2.05) is 24.3 Å². The van der Waals surface area contributed by atoms with Crippen molar-refractivity contribution in [3.63, 3.8) is 0 Å². The lowest BCUT2D eigenvalue weighted by Crippen LogP contribution is -2.37. The Morgan fingerprint density at radius 3 is 1.77 bits per heavy atom. The van der Waals surface area contributed by atoms with Crippen molar-refractivity contribution in [2.45, 2.75) is 6.54 Å². The van der Waals surface area contributed by atoms with Crippen molar-refractivity contribution < 1.29 is 14.4 Å². The number of aldehydes is 2. The van der Waals surface area contributed by atoms with Crippen LogP contribution in [0.25, 0.3) is 0 Å². The van der Waals surface area contributed by atoms with Crippen molar-refractivity contribution in [1.29, 1.82) is 0 Å². The number of carbonyl (C=O) groups is 3. The van der Waals surface area contributed by atoms with Crippen molar-refractivity contribution in [3.8, 4) is 0 Å². The van der Waals surface area contributed by atoms with Crippen molar-refractivity contribution in [1.82, 2.24) is 20.0 Å². The van der Waals surface area contributed by atoms with Crippen LogP contribution >= 0.6 is 0 Å². The Hall–Kier alpha value is -2.09. The first-order valence-corrected chi connectivity index (χ1v) is 9.01. The average molecular weight is 360 g/mol. The van der Waals surface area contributed by atoms with Gasteiger partial charge in [0.1, 0.15) is 12.6 Å². The summed E-state index contributed by atoms with van der Waals surface area (Å²) in [4.78, 5) is 40.0. The Kier molecular flexibility index (Phi) is 8.40. The lowest BCUT2D eigenvalue weighted by molar-refractivity contribution is -0.110. The van der Waals surface area contributed by atoms with E-state index in [0.29, 0.717) is 18.7 Å². The molecular formula is C19H28N4O3. The molecule has 0 radical (unpaired) electrons. The van der Waals surface area contributed by atoms with Gasteiger partial charge in [0, 0.05) is 58.4 Å². The largest absolute Gasteiger partial charge is 0.355 e. The topological polar surface area (TPSA) is 73.0 Å². The highest BCUT2D eigenvalue weighted by Gasteiger charge is 2.16. The number of hydrogen-bond acceptors (Lipinski definition) is 6. The molecule has 1 aliphatic heterocycles. The first-order chi connectivity index (χ1) is 12.7. The quantitative estimate of drug-likeness (QED) is 0.683. The SMILES string of the molecule is CNC(=O)c1ccc(CN2CCN(CC=O)CCN(CC=O)CC2)cc1. The van der Waals surface area contributed by atoms with Gasteiger partial charge < -0.3 is 14.9 Å². The molecule has 142 valence electrons. The smallest absolute Gasteiger partial charge is 0.251 e. The fourth-order valence-electron chi connectivity index (χ4n) is 3.08. The normalized spacial score (nSPS) is 17.7. The molecule has 1 aromatic carbocycles. The zero-order valence-corrected chi connectivity index (χ0v) is 15.4. The van der Waals surface area contributed by atoms with E-state index in [9.17, 15) is 14.4 Å². The number of rotatable bonds is 7. The molecule has 1 aromatic rings. The fraction of sp³-hybridized carbons (Fsp3) is 0.526. The molecule has 0 saturated carbocycles. The van der Waals surface area contributed by atoms with Crippen LogP contribution in [0.3, 0.4) is 0 Å². The second-order valence-electron chi connectivity index (χ2n) is 6.49. The third-order valence-electron chi connectivity index (χ3n) is 4.71. The molecule has 7 heteroatoms. The van der Waals surface area contributed by atoms with Crippen molar-refractivity contribution in [2.75, 3.05) is 59.4 Å². The van der Waals surface area contributed by atoms with Crippen LogP contribution in [-0.2, 0) is 16.1 Å². The van der Waals surface area contributed by atoms with E-state index >= 15 is 0 Å². The third kappa shape index (κ3) is 6.33. The number of carbonyl (C=O) groups excluding carboxylic acids is 3. The van der Waals surface area contributed by atoms with Gasteiger partial charge in [-0.3, -0.25) is 19.5 Å². The van der Waals surface area contributed by atoms with Gasteiger partial charge in [0.05, 0.1) is 13.1 Å². The van der Waals surface area contributed by atoms with Crippen LogP contribution in [-0.4, -0.2) is 92.6 Å². The Morgan fingerprint density at radius 2 is 1.35 bits per heavy atom. The van der Waals surface area contributed by atoms with Crippen LogP contribution in [0.4, 0.5) is 0 Å². The molecule has 1 fully saturated rings. The van der Waals surface area contributed by atoms with Gasteiger partial charge in [-0.2, -0.15) is 0 Å². The molecule has 0 unspecified atom stereocenters. The molecule has 1 amide bonds. The van der Waals surface area contributed by atoms with Gasteiger partial charge >= 0.3 is 0 Å². The molecule has 26 heavy (non-hydrogen) atoms. The highest BCUT2D eigenvalue weighted by molar-refractivity contribution is 5.93. The number of benzene rings is 1. The van der Waals surface area contributed by atoms with Crippen LogP contribution in [0.5, 0.6) is 0 Å². The van der Waals surface area contributed by atoms with Gasteiger partial charge in [-0.05, 0) is 17.7 Å². The minimum atomic E-state index is -0.0895. The molecule has 0 aliphatic carbocycles. The summed E-state index contributed by atoms with van der Waals surface area (Å²) in [5, 5.41) is 2.62. The van der Waals surface area contributed by atoms with Gasteiger partial charge in [-0.1, -0.05) is 12.1 Å². The highest BCUT2D eigenvalue weighted by Crippen LogP contribution is 2.09. The lowest BCUT2D eigenvalue weighted by atomic mass is 10.1. The minimum absolute atomic E-state index is 0.0895. The molecule has 1 N–H and O–H groups in total. The van der Waals surface area contributed by atoms with Crippen LogP contribution < -0.4 is 5.32 Å². The summed E-state index contributed by atoms with van der Waals surface area (Å²) in [7, 11) is 1.62. The van der Waals surface area contributed by atoms with Gasteiger partial charge in [-0.15, -0.1) is 0 Å². The molecule has 0 aromatic heterocycles. The number of amides is 1. The second-order valence-corrected chi connectivity index (χ2v) is 6.49. The van der Waals surface area contributed by atoms with E-state index in [-0.39, 0.29) is 5.91 Å². The molecule has 0 bridgehead atoms. The predicted octanol–water partition coefficient (Wildman–Crippen LogP) is -0.136. The Bertz CT molecular complexity index is 569. The number of hydrogen-bond donors (Lipinski definition) is 1. The monoisotopic (exact) mass is 360 g/mol. The number of nitrogens with zero attached hydrogens (tertiary/aromatic N) is 3. The summed E-state index contributed by atoms with van der Waals surface area (Å²) in [6.07, 6.45) is 1.87. The maximum atomic E-state index is 11.6. The van der Waals surface area contributed by atoms with Crippen LogP contribution in [0.2, 0.25) is 0 Å². The average Bonchev–Trinajstić information content (AvgIpc) is 2.75. The van der Waals surface area contributed by atoms with Crippen LogP contribution in [0.15, 0.2) is 24.3 Å². The standard InChI is InChI=1S/C19H28N4O3/c1-20-19(26)18-4-2-17(3-5-18)16-23-10-8-21(12-14-24)6-7-22(9-11-23)13-15-25/h2-5,14-15H,6-13,16H2,1H3,(H,20,26). The van der Waals surface area contributed by atoms with Crippen LogP contribution in [0.1, 0.15) is 15.9 Å². The minimum Gasteiger partial charge on any atom is -0.355 e. The summed E-state index contributed by atoms with van der Waals surface area (Å²) in [5.74, 6) is -0.0895. The summed E-state index contributed by atoms with van der Waals surface area (Å²) in [6.45, 7) is 6.57. The third-order valence-corrected chi connectivity index (χ3v) is 4.71. The summed E-state index contributed by atoms with van der Waals surface area (Å²) in [5.41, 5.74) is 1.79. The molecule has 7 nitrogen and oxygen atoms in total. The van der Waals surface area contributed by atoms with Crippen molar-refractivity contribution in [3.05, 3.63) is 35.4 Å². The maximum Gasteiger partial charge on any atom is 0.251 e. The molecule has 1 heterocycles. The second kappa shape index (κ2) is 10.8. The summed E-state index contributed by atoms with van der Waals surface area (Å²) in [6, 6.07) is 7.62. The summed E-state index contributed by atoms with van der Waals surface area (Å²) < 4.78 is 0. The van der Waals surface area contributed by atoms with E-state index in [1.54, 1.807) is 7.05 Å². The lowest BCUT2D eigenvalue weighted by Gasteiger charge is -2.25. The van der Waals surface area contributed by atoms with E-state index in [4.69, 9.17) is 0 Å².